The van der Waals surface area contributed by atoms with Crippen LogP contribution in [0.25, 0.3) is 0 Å². The van der Waals surface area contributed by atoms with Gasteiger partial charge < -0.3 is 5.73 Å². The summed E-state index contributed by atoms with van der Waals surface area (Å²) in [5.41, 5.74) is 5.41. The molecule has 21 heavy (non-hydrogen) atoms. The van der Waals surface area contributed by atoms with Crippen molar-refractivity contribution in [3.63, 3.8) is 0 Å². The molecule has 1 aromatic rings. The van der Waals surface area contributed by atoms with Crippen LogP contribution in [0.2, 0.25) is 0 Å². The second-order valence-electron chi connectivity index (χ2n) is 4.86. The molecule has 1 aromatic carbocycles. The Morgan fingerprint density at radius 3 is 2.76 bits per heavy atom. The molecule has 1 aliphatic carbocycles. The summed E-state index contributed by atoms with van der Waals surface area (Å²) in [6, 6.07) is 3.46. The number of benzene rings is 1. The van der Waals surface area contributed by atoms with Gasteiger partial charge in [0.25, 0.3) is 0 Å². The van der Waals surface area contributed by atoms with E-state index in [1.54, 1.807) is 11.8 Å². The first kappa shape index (κ1) is 16.3. The molecule has 1 saturated carbocycles. The third-order valence-electron chi connectivity index (χ3n) is 3.38. The van der Waals surface area contributed by atoms with E-state index in [1.807, 2.05) is 6.26 Å². The summed E-state index contributed by atoms with van der Waals surface area (Å²) in [5.74, 6) is 4.63. The van der Waals surface area contributed by atoms with Crippen LogP contribution in [0.15, 0.2) is 23.1 Å². The summed E-state index contributed by atoms with van der Waals surface area (Å²) >= 11 is 1.66. The number of hydrogen-bond donors (Lipinski definition) is 2. The highest BCUT2D eigenvalue weighted by Gasteiger charge is 2.42. The topological polar surface area (TPSA) is 72.2 Å². The Balaban J connectivity index is 2.26. The smallest absolute Gasteiger partial charge is 0.241 e. The second kappa shape index (κ2) is 6.36. The first-order chi connectivity index (χ1) is 9.92. The lowest BCUT2D eigenvalue weighted by Crippen LogP contribution is -2.32. The normalized spacial score (nSPS) is 16.1. The number of sulfonamides is 1. The average molecular weight is 328 g/mol. The van der Waals surface area contributed by atoms with Crippen molar-refractivity contribution in [3.8, 4) is 11.8 Å². The van der Waals surface area contributed by atoms with Gasteiger partial charge in [0.2, 0.25) is 10.0 Å². The van der Waals surface area contributed by atoms with Crippen molar-refractivity contribution in [2.24, 2.45) is 5.73 Å². The lowest BCUT2D eigenvalue weighted by atomic mass is 10.2. The Kier molecular flexibility index (Phi) is 4.94. The highest BCUT2D eigenvalue weighted by Crippen LogP contribution is 2.46. The van der Waals surface area contributed by atoms with E-state index in [0.29, 0.717) is 6.54 Å². The van der Waals surface area contributed by atoms with Crippen LogP contribution < -0.4 is 10.5 Å². The number of nitrogens with two attached hydrogens (primary N) is 1. The Morgan fingerprint density at radius 2 is 2.19 bits per heavy atom. The van der Waals surface area contributed by atoms with Crippen LogP contribution in [0, 0.1) is 17.7 Å². The number of thioether (sulfide) groups is 1. The van der Waals surface area contributed by atoms with Crippen LogP contribution in [-0.2, 0) is 10.0 Å². The first-order valence-corrected chi connectivity index (χ1v) is 9.16. The molecule has 3 N–H and O–H groups in total. The van der Waals surface area contributed by atoms with Gasteiger partial charge >= 0.3 is 0 Å². The molecule has 0 aliphatic heterocycles. The molecule has 0 heterocycles. The number of nitrogens with one attached hydrogen (secondary N) is 1. The summed E-state index contributed by atoms with van der Waals surface area (Å²) in [4.78, 5) is -0.0123. The molecular weight excluding hydrogens is 311 g/mol. The number of rotatable bonds is 5. The first-order valence-electron chi connectivity index (χ1n) is 6.46. The van der Waals surface area contributed by atoms with Gasteiger partial charge in [0.1, 0.15) is 5.82 Å². The molecule has 0 aromatic heterocycles. The van der Waals surface area contributed by atoms with Crippen molar-refractivity contribution in [1.82, 2.24) is 4.72 Å². The molecule has 2 rings (SSSR count). The van der Waals surface area contributed by atoms with Gasteiger partial charge in [-0.05, 0) is 37.3 Å². The molecule has 0 saturated heterocycles. The van der Waals surface area contributed by atoms with Gasteiger partial charge in [0.05, 0.1) is 11.4 Å². The van der Waals surface area contributed by atoms with Crippen molar-refractivity contribution < 1.29 is 12.8 Å². The molecule has 0 spiro atoms. The predicted molar refractivity (Wildman–Crippen MR) is 83.0 cm³/mol. The maximum atomic E-state index is 13.3. The largest absolute Gasteiger partial charge is 0.320 e. The third kappa shape index (κ3) is 3.98. The van der Waals surface area contributed by atoms with Crippen LogP contribution >= 0.6 is 11.8 Å². The zero-order valence-corrected chi connectivity index (χ0v) is 13.3. The Hall–Kier alpha value is -1.07. The van der Waals surface area contributed by atoms with Gasteiger partial charge in [-0.25, -0.2) is 17.5 Å². The molecule has 0 radical (unpaired) electrons. The van der Waals surface area contributed by atoms with E-state index in [-0.39, 0.29) is 21.8 Å². The van der Waals surface area contributed by atoms with Gasteiger partial charge in [-0.2, -0.15) is 11.8 Å². The summed E-state index contributed by atoms with van der Waals surface area (Å²) < 4.78 is 40.6. The quantitative estimate of drug-likeness (QED) is 0.800. The lowest BCUT2D eigenvalue weighted by molar-refractivity contribution is 0.578. The standard InChI is InChI=1S/C14H17FN2O2S2/c1-20-14(6-7-14)10-17-21(18,19)13-5-4-12(15)9-11(13)3-2-8-16/h4-5,9,17H,6-8,10,16H2,1H3. The molecule has 7 heteroatoms. The van der Waals surface area contributed by atoms with Gasteiger partial charge in [-0.15, -0.1) is 0 Å². The summed E-state index contributed by atoms with van der Waals surface area (Å²) in [7, 11) is -3.71. The van der Waals surface area contributed by atoms with Gasteiger partial charge in [-0.1, -0.05) is 11.8 Å². The zero-order chi connectivity index (χ0) is 15.5. The van der Waals surface area contributed by atoms with Crippen molar-refractivity contribution in [2.45, 2.75) is 22.5 Å². The predicted octanol–water partition coefficient (Wildman–Crippen LogP) is 1.31. The van der Waals surface area contributed by atoms with Gasteiger partial charge in [0, 0.05) is 16.9 Å². The summed E-state index contributed by atoms with van der Waals surface area (Å²) in [6.07, 6.45) is 3.97. The fourth-order valence-electron chi connectivity index (χ4n) is 1.88. The maximum absolute atomic E-state index is 13.3. The fourth-order valence-corrected chi connectivity index (χ4v) is 3.96. The van der Waals surface area contributed by atoms with Crippen molar-refractivity contribution in [1.29, 1.82) is 0 Å². The van der Waals surface area contributed by atoms with Crippen LogP contribution in [0.1, 0.15) is 18.4 Å². The van der Waals surface area contributed by atoms with Crippen LogP contribution in [-0.4, -0.2) is 32.5 Å². The van der Waals surface area contributed by atoms with E-state index in [0.717, 1.165) is 25.0 Å². The molecule has 1 aliphatic rings. The fraction of sp³-hybridized carbons (Fsp3) is 0.429. The average Bonchev–Trinajstić information content (AvgIpc) is 3.23. The monoisotopic (exact) mass is 328 g/mol. The highest BCUT2D eigenvalue weighted by atomic mass is 32.2. The molecule has 0 unspecified atom stereocenters. The third-order valence-corrected chi connectivity index (χ3v) is 6.26. The van der Waals surface area contributed by atoms with Gasteiger partial charge in [0.15, 0.2) is 0 Å². The van der Waals surface area contributed by atoms with E-state index < -0.39 is 15.8 Å². The number of halogens is 1. The van der Waals surface area contributed by atoms with E-state index in [4.69, 9.17) is 5.73 Å². The molecule has 1 fully saturated rings. The SMILES string of the molecule is CSC1(CNS(=O)(=O)c2ccc(F)cc2C#CCN)CC1. The van der Waals surface area contributed by atoms with Crippen LogP contribution in [0.5, 0.6) is 0 Å². The van der Waals surface area contributed by atoms with E-state index in [9.17, 15) is 12.8 Å². The molecule has 0 atom stereocenters. The van der Waals surface area contributed by atoms with Crippen molar-refractivity contribution in [2.75, 3.05) is 19.3 Å². The maximum Gasteiger partial charge on any atom is 0.241 e. The number of hydrogen-bond acceptors (Lipinski definition) is 4. The van der Waals surface area contributed by atoms with Crippen molar-refractivity contribution in [3.05, 3.63) is 29.6 Å². The van der Waals surface area contributed by atoms with Gasteiger partial charge in [-0.3, -0.25) is 0 Å². The minimum absolute atomic E-state index is 0.0101. The molecular formula is C14H17FN2O2S2. The molecule has 0 bridgehead atoms. The Bertz CT molecular complexity index is 689. The second-order valence-corrected chi connectivity index (χ2v) is 7.87. The van der Waals surface area contributed by atoms with Crippen molar-refractivity contribution >= 4 is 21.8 Å². The van der Waals surface area contributed by atoms with E-state index in [2.05, 4.69) is 16.6 Å². The molecule has 4 nitrogen and oxygen atoms in total. The lowest BCUT2D eigenvalue weighted by Gasteiger charge is -2.14. The molecule has 114 valence electrons. The summed E-state index contributed by atoms with van der Waals surface area (Å²) in [5, 5.41) is 0. The Morgan fingerprint density at radius 1 is 1.48 bits per heavy atom. The molecule has 0 amide bonds. The van der Waals surface area contributed by atoms with Crippen LogP contribution in [0.3, 0.4) is 0 Å². The van der Waals surface area contributed by atoms with Crippen LogP contribution in [0.4, 0.5) is 4.39 Å². The zero-order valence-electron chi connectivity index (χ0n) is 11.6. The minimum atomic E-state index is -3.71. The highest BCUT2D eigenvalue weighted by molar-refractivity contribution is 8.00. The Labute approximate surface area is 128 Å². The van der Waals surface area contributed by atoms with E-state index >= 15 is 0 Å². The summed E-state index contributed by atoms with van der Waals surface area (Å²) in [6.45, 7) is 0.455. The minimum Gasteiger partial charge on any atom is -0.320 e. The van der Waals surface area contributed by atoms with E-state index in [1.165, 1.54) is 6.07 Å².